The number of para-hydroxylation sites is 1. The first-order valence-corrected chi connectivity index (χ1v) is 45.8. The summed E-state index contributed by atoms with van der Waals surface area (Å²) in [5.74, 6) is -12.9. The number of guanidine groups is 1. The summed E-state index contributed by atoms with van der Waals surface area (Å²) in [6.07, 6.45) is 11.5. The summed E-state index contributed by atoms with van der Waals surface area (Å²) in [6.45, 7) is 8.48. The Hall–Kier alpha value is -10.5. The number of carbonyl (C=O) groups excluding carboxylic acids is 12. The number of carboxylic acid groups (broad SMARTS) is 1. The Morgan fingerprint density at radius 3 is 1.87 bits per heavy atom. The first-order chi connectivity index (χ1) is 59.1. The number of hydrogen-bond acceptors (Lipinski definition) is 24. The largest absolute Gasteiger partial charge is 0.481 e. The zero-order valence-electron chi connectivity index (χ0n) is 70.2. The van der Waals surface area contributed by atoms with Crippen molar-refractivity contribution in [3.63, 3.8) is 0 Å². The zero-order chi connectivity index (χ0) is 90.4. The average molecular weight is 1800 g/mol. The van der Waals surface area contributed by atoms with Gasteiger partial charge in [0, 0.05) is 97.3 Å². The van der Waals surface area contributed by atoms with E-state index in [0.29, 0.717) is 24.9 Å². The molecular weight excluding hydrogens is 1690 g/mol. The zero-order valence-corrected chi connectivity index (χ0v) is 73.5. The van der Waals surface area contributed by atoms with Crippen molar-refractivity contribution in [3.8, 4) is 0 Å². The van der Waals surface area contributed by atoms with Crippen LogP contribution in [-0.4, -0.2) is 276 Å². The number of benzene rings is 3. The molecule has 0 aromatic heterocycles. The number of amides is 12. The van der Waals surface area contributed by atoms with Gasteiger partial charge < -0.3 is 104 Å². The number of rotatable bonds is 40. The van der Waals surface area contributed by atoms with Gasteiger partial charge >= 0.3 is 5.97 Å². The van der Waals surface area contributed by atoms with E-state index in [-0.39, 0.29) is 150 Å². The molecule has 0 unspecified atom stereocenters. The van der Waals surface area contributed by atoms with Crippen LogP contribution >= 0.6 is 33.3 Å². The molecule has 42 heteroatoms. The van der Waals surface area contributed by atoms with Gasteiger partial charge in [0.1, 0.15) is 62.6 Å². The molecule has 3 aromatic rings. The molecule has 4 aliphatic heterocycles. The van der Waals surface area contributed by atoms with Crippen molar-refractivity contribution in [1.29, 1.82) is 5.41 Å². The van der Waals surface area contributed by atoms with E-state index in [0.717, 1.165) is 74.5 Å². The van der Waals surface area contributed by atoms with Crippen molar-refractivity contribution in [3.05, 3.63) is 126 Å². The van der Waals surface area contributed by atoms with Crippen LogP contribution in [0.1, 0.15) is 109 Å². The second kappa shape index (κ2) is 51.1. The number of primary amides is 1. The number of aliphatic carboxylic acids is 1. The van der Waals surface area contributed by atoms with E-state index in [2.05, 4.69) is 101 Å². The molecule has 0 radical (unpaired) electrons. The molecule has 38 nitrogen and oxygen atoms in total. The van der Waals surface area contributed by atoms with Crippen LogP contribution in [0.4, 0.5) is 11.4 Å². The van der Waals surface area contributed by atoms with Gasteiger partial charge in [-0.15, -0.1) is 11.8 Å². The van der Waals surface area contributed by atoms with Gasteiger partial charge in [0.2, 0.25) is 76.6 Å². The molecule has 7 atom stereocenters. The smallest absolute Gasteiger partial charge is 0.305 e. The van der Waals surface area contributed by atoms with E-state index in [1.165, 1.54) is 17.7 Å². The van der Waals surface area contributed by atoms with Crippen molar-refractivity contribution >= 4 is 143 Å². The van der Waals surface area contributed by atoms with Gasteiger partial charge in [0.15, 0.2) is 11.7 Å². The number of hydrogen-bond donors (Lipinski definition) is 17. The highest BCUT2D eigenvalue weighted by Crippen LogP contribution is 2.48. The minimum atomic E-state index is -4.40. The van der Waals surface area contributed by atoms with Gasteiger partial charge in [-0.05, 0) is 94.2 Å². The van der Waals surface area contributed by atoms with Crippen molar-refractivity contribution in [2.45, 2.75) is 156 Å². The highest BCUT2D eigenvalue weighted by atomic mass is 33.1. The van der Waals surface area contributed by atoms with E-state index in [9.17, 15) is 80.4 Å². The molecule has 0 saturated carbocycles. The van der Waals surface area contributed by atoms with Crippen LogP contribution in [0.5, 0.6) is 0 Å². The lowest BCUT2D eigenvalue weighted by molar-refractivity contribution is -0.401. The maximum Gasteiger partial charge on any atom is 0.305 e. The lowest BCUT2D eigenvalue weighted by atomic mass is 9.81. The van der Waals surface area contributed by atoms with Gasteiger partial charge in [-0.25, -0.2) is 0 Å². The molecule has 2 saturated heterocycles. The van der Waals surface area contributed by atoms with Crippen molar-refractivity contribution in [2.75, 3.05) is 127 Å². The monoisotopic (exact) mass is 1800 g/mol. The standard InChI is InChI=1S/C82H115N17O21S4/c1-81(2)54-22-14-15-25-64(54)99(66(81)27-12-7-11-26-65-82(3,4)55-43-53(124(114,115)116)29-30-63(55)98(65)5)35-18-8-13-28-68(101)86-31-17-16-23-57-75(109)96-61-49-122-123-50-62(97-77(111)59(44-72(105)106)92-69(102)45-90-73(107)56(93-78(61)112)24-19-32-89-80(84)85)79(113)94-58(42-52-20-9-6-10-21-52)76(110)95-60(48-121-51-71(104)91-57)74(108)88-34-37-118-39-41-119-40-38-117-36-33-87-70(103)47-120-46-67(83)100/h6-7,9-12,14-15,20-22,25-27,29-30,43,56-62H,8,13,16-19,23-24,28,31-42,44-51H2,1-5H3,(H18-,83,84,85,86,87,88,89,90,91,92,93,94,95,96,97,100,101,102,103,104,105,106,107,108,109,110,111,112,113,114,115,116)/p+1/t56-,57-,58-,59-,60-,61-,62-/m0/s1. The summed E-state index contributed by atoms with van der Waals surface area (Å²) in [6, 6.07) is 10.6. The van der Waals surface area contributed by atoms with Crippen LogP contribution in [0.2, 0.25) is 0 Å². The fourth-order valence-electron chi connectivity index (χ4n) is 13.9. The van der Waals surface area contributed by atoms with Crippen LogP contribution in [0.15, 0.2) is 114 Å². The van der Waals surface area contributed by atoms with Crippen molar-refractivity contribution in [1.82, 2.24) is 63.8 Å². The van der Waals surface area contributed by atoms with Crippen molar-refractivity contribution < 1.29 is 104 Å². The molecule has 0 spiro atoms. The molecule has 3 aromatic carbocycles. The summed E-state index contributed by atoms with van der Waals surface area (Å²) in [4.78, 5) is 180. The van der Waals surface area contributed by atoms with Gasteiger partial charge in [0.05, 0.1) is 68.7 Å². The van der Waals surface area contributed by atoms with Crippen LogP contribution in [0.3, 0.4) is 0 Å². The summed E-state index contributed by atoms with van der Waals surface area (Å²) in [5.41, 5.74) is 16.0. The SMILES string of the molecule is C[N+]1=C(/C=C/C=C/C=C2/N(CCCCCC(=O)NCCCC[C@@H]3NC(=O)CSC[C@@H](C(=O)NCCOCCOCCOCCNC(=O)COCC(N)=O)NC(=O)[C@H](Cc4ccccc4)NC(=O)[C@@H]4CSSC[C@H](NC3=O)C(=O)N[C@@H](CCCNC(=N)N)C(=O)NCC(=O)N[C@@H](CC(=O)O)C(=O)N4)c3ccccc3C2(C)C)C(C)(C)c2cc(S(=O)(=O)O)ccc21. The number of carbonyl (C=O) groups is 13. The normalized spacial score (nSPS) is 21.0. The highest BCUT2D eigenvalue weighted by Gasteiger charge is 2.45. The predicted molar refractivity (Wildman–Crippen MR) is 467 cm³/mol. The van der Waals surface area contributed by atoms with Crippen molar-refractivity contribution in [2.24, 2.45) is 11.5 Å². The number of anilines is 1. The molecule has 124 heavy (non-hydrogen) atoms. The van der Waals surface area contributed by atoms with E-state index >= 15 is 0 Å². The number of fused-ring (bicyclic) bond motifs is 7. The molecule has 19 N–H and O–H groups in total. The second-order valence-electron chi connectivity index (χ2n) is 30.5. The van der Waals surface area contributed by atoms with Gasteiger partial charge in [0.25, 0.3) is 10.1 Å². The molecule has 0 aliphatic carbocycles. The van der Waals surface area contributed by atoms with E-state index < -0.39 is 154 Å². The van der Waals surface area contributed by atoms with Crippen LogP contribution < -0.4 is 80.2 Å². The quantitative estimate of drug-likeness (QED) is 0.00677. The Bertz CT molecular complexity index is 4500. The number of allylic oxidation sites excluding steroid dienone is 6. The summed E-state index contributed by atoms with van der Waals surface area (Å²) >= 11 is 0.900. The topological polar surface area (TPSA) is 560 Å². The third-order valence-corrected chi connectivity index (χ3v) is 24.6. The second-order valence-corrected chi connectivity index (χ2v) is 35.5. The van der Waals surface area contributed by atoms with Gasteiger partial charge in [-0.2, -0.15) is 13.0 Å². The minimum Gasteiger partial charge on any atom is -0.481 e. The fourth-order valence-corrected chi connectivity index (χ4v) is 17.6. The van der Waals surface area contributed by atoms with Gasteiger partial charge in [-0.3, -0.25) is 72.3 Å². The van der Waals surface area contributed by atoms with Crippen LogP contribution in [0, 0.1) is 5.41 Å². The number of unbranched alkanes of at least 4 members (excludes halogenated alkanes) is 3. The maximum atomic E-state index is 14.9. The first kappa shape index (κ1) is 101. The van der Waals surface area contributed by atoms with E-state index in [1.807, 2.05) is 61.9 Å². The molecule has 2 fully saturated rings. The van der Waals surface area contributed by atoms with E-state index in [4.69, 9.17) is 35.8 Å². The molecule has 12 amide bonds. The molecule has 678 valence electrons. The summed E-state index contributed by atoms with van der Waals surface area (Å²) in [7, 11) is -0.652. The Balaban J connectivity index is 1.04. The first-order valence-electron chi connectivity index (χ1n) is 40.7. The molecule has 4 aliphatic rings. The Morgan fingerprint density at radius 2 is 1.20 bits per heavy atom. The summed E-state index contributed by atoms with van der Waals surface area (Å²) in [5, 5.41) is 49.1. The number of nitrogens with zero attached hydrogens (tertiary/aromatic N) is 2. The van der Waals surface area contributed by atoms with E-state index in [1.54, 1.807) is 36.4 Å². The predicted octanol–water partition coefficient (Wildman–Crippen LogP) is -0.00333. The number of nitrogens with two attached hydrogens (primary N) is 2. The minimum absolute atomic E-state index is 0.0328. The number of thioether (sulfide) groups is 1. The van der Waals surface area contributed by atoms with Gasteiger partial charge in [-0.1, -0.05) is 109 Å². The number of carboxylic acids is 1. The molecular formula is C82H116N17O21S4+. The lowest BCUT2D eigenvalue weighted by Gasteiger charge is -2.27. The van der Waals surface area contributed by atoms with Crippen LogP contribution in [-0.2, 0) is 109 Å². The lowest BCUT2D eigenvalue weighted by Crippen LogP contribution is -2.60. The highest BCUT2D eigenvalue weighted by molar-refractivity contribution is 8.76. The number of nitrogens with one attached hydrogen (secondary N) is 13. The molecule has 2 bridgehead atoms. The number of ether oxygens (including phenoxy) is 4. The van der Waals surface area contributed by atoms with Crippen LogP contribution in [0.25, 0.3) is 0 Å². The third kappa shape index (κ3) is 33.2. The maximum absolute atomic E-state index is 14.9. The Morgan fingerprint density at radius 1 is 0.597 bits per heavy atom. The Labute approximate surface area is 732 Å². The fraction of sp³-hybridized carbons (Fsp3) is 0.524. The Kier molecular flexibility index (Phi) is 41.5. The molecule has 7 rings (SSSR count). The third-order valence-electron chi connectivity index (χ3n) is 20.3. The molecule has 4 heterocycles. The average Bonchev–Trinajstić information content (AvgIpc) is 1.61. The summed E-state index contributed by atoms with van der Waals surface area (Å²) < 4.78 is 57.3.